The maximum atomic E-state index is 5.82. The maximum Gasteiger partial charge on any atom is 0.119 e. The largest absolute Gasteiger partial charge is 0.497 e. The molecule has 0 radical (unpaired) electrons. The zero-order chi connectivity index (χ0) is 13.8. The Labute approximate surface area is 120 Å². The third kappa shape index (κ3) is 3.20. The van der Waals surface area contributed by atoms with Crippen LogP contribution in [-0.2, 0) is 11.3 Å². The Morgan fingerprint density at radius 2 is 1.90 bits per heavy atom. The molecular formula is C18H20O2. The molecule has 0 spiro atoms. The van der Waals surface area contributed by atoms with Crippen molar-refractivity contribution in [2.45, 2.75) is 18.9 Å². The third-order valence-corrected chi connectivity index (χ3v) is 3.89. The van der Waals surface area contributed by atoms with Crippen LogP contribution in [0.15, 0.2) is 54.6 Å². The minimum Gasteiger partial charge on any atom is -0.497 e. The van der Waals surface area contributed by atoms with Gasteiger partial charge in [-0.1, -0.05) is 42.5 Å². The first-order chi connectivity index (χ1) is 9.86. The van der Waals surface area contributed by atoms with Gasteiger partial charge in [-0.2, -0.15) is 0 Å². The van der Waals surface area contributed by atoms with Crippen LogP contribution >= 0.6 is 0 Å². The molecule has 2 aromatic carbocycles. The molecule has 1 saturated carbocycles. The van der Waals surface area contributed by atoms with E-state index >= 15 is 0 Å². The van der Waals surface area contributed by atoms with Crippen LogP contribution in [0.5, 0.6) is 5.75 Å². The first-order valence-corrected chi connectivity index (χ1v) is 7.12. The van der Waals surface area contributed by atoms with Crippen LogP contribution in [0.2, 0.25) is 0 Å². The summed E-state index contributed by atoms with van der Waals surface area (Å²) in [6, 6.07) is 18.7. The molecule has 0 aliphatic heterocycles. The van der Waals surface area contributed by atoms with Gasteiger partial charge in [0.15, 0.2) is 0 Å². The first kappa shape index (κ1) is 13.2. The molecule has 0 unspecified atom stereocenters. The SMILES string of the molecule is COc1cccc([C@@H]2C[C@H]2COCc2ccccc2)c1. The van der Waals surface area contributed by atoms with E-state index in [0.717, 1.165) is 12.4 Å². The fourth-order valence-electron chi connectivity index (χ4n) is 2.61. The third-order valence-electron chi connectivity index (χ3n) is 3.89. The summed E-state index contributed by atoms with van der Waals surface area (Å²) in [5, 5.41) is 0. The van der Waals surface area contributed by atoms with E-state index < -0.39 is 0 Å². The summed E-state index contributed by atoms with van der Waals surface area (Å²) in [6.07, 6.45) is 1.22. The minimum absolute atomic E-state index is 0.640. The number of ether oxygens (including phenoxy) is 2. The number of rotatable bonds is 6. The van der Waals surface area contributed by atoms with E-state index in [0.29, 0.717) is 18.4 Å². The van der Waals surface area contributed by atoms with Crippen LogP contribution in [0.25, 0.3) is 0 Å². The molecule has 0 N–H and O–H groups in total. The Bertz CT molecular complexity index is 550. The molecule has 0 amide bonds. The predicted molar refractivity (Wildman–Crippen MR) is 79.9 cm³/mol. The van der Waals surface area contributed by atoms with Crippen LogP contribution in [-0.4, -0.2) is 13.7 Å². The van der Waals surface area contributed by atoms with E-state index in [2.05, 4.69) is 42.5 Å². The molecule has 2 atom stereocenters. The van der Waals surface area contributed by atoms with Crippen molar-refractivity contribution in [3.05, 3.63) is 65.7 Å². The summed E-state index contributed by atoms with van der Waals surface area (Å²) in [6.45, 7) is 1.55. The maximum absolute atomic E-state index is 5.82. The van der Waals surface area contributed by atoms with Crippen molar-refractivity contribution in [2.24, 2.45) is 5.92 Å². The summed E-state index contributed by atoms with van der Waals surface area (Å²) >= 11 is 0. The fraction of sp³-hybridized carbons (Fsp3) is 0.333. The van der Waals surface area contributed by atoms with Gasteiger partial charge in [-0.15, -0.1) is 0 Å². The summed E-state index contributed by atoms with van der Waals surface area (Å²) in [5.41, 5.74) is 2.61. The van der Waals surface area contributed by atoms with Gasteiger partial charge in [-0.3, -0.25) is 0 Å². The van der Waals surface area contributed by atoms with Crippen LogP contribution in [0, 0.1) is 5.92 Å². The molecule has 20 heavy (non-hydrogen) atoms. The second kappa shape index (κ2) is 6.10. The lowest BCUT2D eigenvalue weighted by Crippen LogP contribution is -1.98. The summed E-state index contributed by atoms with van der Waals surface area (Å²) < 4.78 is 11.1. The first-order valence-electron chi connectivity index (χ1n) is 7.12. The summed E-state index contributed by atoms with van der Waals surface area (Å²) in [4.78, 5) is 0. The van der Waals surface area contributed by atoms with Gasteiger partial charge < -0.3 is 9.47 Å². The highest BCUT2D eigenvalue weighted by molar-refractivity contribution is 5.34. The molecule has 0 heterocycles. The van der Waals surface area contributed by atoms with Gasteiger partial charge >= 0.3 is 0 Å². The lowest BCUT2D eigenvalue weighted by molar-refractivity contribution is 0.110. The molecule has 1 fully saturated rings. The van der Waals surface area contributed by atoms with Crippen LogP contribution in [0.3, 0.4) is 0 Å². The van der Waals surface area contributed by atoms with E-state index in [1.54, 1.807) is 7.11 Å². The van der Waals surface area contributed by atoms with E-state index in [-0.39, 0.29) is 0 Å². The number of benzene rings is 2. The molecule has 3 rings (SSSR count). The number of methoxy groups -OCH3 is 1. The average Bonchev–Trinajstić information content (AvgIpc) is 3.28. The smallest absolute Gasteiger partial charge is 0.119 e. The molecular weight excluding hydrogens is 248 g/mol. The Kier molecular flexibility index (Phi) is 4.03. The highest BCUT2D eigenvalue weighted by Gasteiger charge is 2.38. The van der Waals surface area contributed by atoms with E-state index in [4.69, 9.17) is 9.47 Å². The lowest BCUT2D eigenvalue weighted by Gasteiger charge is -2.05. The molecule has 2 heteroatoms. The molecule has 104 valence electrons. The van der Waals surface area contributed by atoms with Gasteiger partial charge in [0.25, 0.3) is 0 Å². The van der Waals surface area contributed by atoms with Crippen LogP contribution < -0.4 is 4.74 Å². The topological polar surface area (TPSA) is 18.5 Å². The predicted octanol–water partition coefficient (Wildman–Crippen LogP) is 4.02. The van der Waals surface area contributed by atoms with Crippen molar-refractivity contribution in [1.82, 2.24) is 0 Å². The molecule has 0 saturated heterocycles. The van der Waals surface area contributed by atoms with Gasteiger partial charge in [0.05, 0.1) is 20.3 Å². The normalized spacial score (nSPS) is 20.6. The Hall–Kier alpha value is -1.80. The van der Waals surface area contributed by atoms with E-state index in [9.17, 15) is 0 Å². The summed E-state index contributed by atoms with van der Waals surface area (Å²) in [7, 11) is 1.71. The van der Waals surface area contributed by atoms with Gasteiger partial charge in [-0.25, -0.2) is 0 Å². The van der Waals surface area contributed by atoms with Crippen molar-refractivity contribution < 1.29 is 9.47 Å². The Balaban J connectivity index is 1.47. The second-order valence-electron chi connectivity index (χ2n) is 5.38. The number of hydrogen-bond acceptors (Lipinski definition) is 2. The molecule has 1 aliphatic rings. The van der Waals surface area contributed by atoms with Crippen molar-refractivity contribution in [3.63, 3.8) is 0 Å². The minimum atomic E-state index is 0.640. The van der Waals surface area contributed by atoms with Crippen molar-refractivity contribution in [1.29, 1.82) is 0 Å². The van der Waals surface area contributed by atoms with Gasteiger partial charge in [0.1, 0.15) is 5.75 Å². The highest BCUT2D eigenvalue weighted by Crippen LogP contribution is 2.48. The Morgan fingerprint density at radius 1 is 1.05 bits per heavy atom. The summed E-state index contributed by atoms with van der Waals surface area (Å²) in [5.74, 6) is 2.24. The molecule has 2 aromatic rings. The standard InChI is InChI=1S/C18H20O2/c1-19-17-9-5-8-15(10-17)18-11-16(18)13-20-12-14-6-3-2-4-7-14/h2-10,16,18H,11-13H2,1H3/t16-,18-/m0/s1. The van der Waals surface area contributed by atoms with Crippen molar-refractivity contribution in [3.8, 4) is 5.75 Å². The molecule has 0 aromatic heterocycles. The van der Waals surface area contributed by atoms with E-state index in [1.165, 1.54) is 17.5 Å². The molecule has 1 aliphatic carbocycles. The average molecular weight is 268 g/mol. The van der Waals surface area contributed by atoms with Crippen LogP contribution in [0.4, 0.5) is 0 Å². The zero-order valence-corrected chi connectivity index (χ0v) is 11.8. The van der Waals surface area contributed by atoms with Crippen molar-refractivity contribution >= 4 is 0 Å². The highest BCUT2D eigenvalue weighted by atomic mass is 16.5. The van der Waals surface area contributed by atoms with Gasteiger partial charge in [0.2, 0.25) is 0 Å². The quantitative estimate of drug-likeness (QED) is 0.788. The van der Waals surface area contributed by atoms with Crippen LogP contribution in [0.1, 0.15) is 23.5 Å². The Morgan fingerprint density at radius 3 is 2.70 bits per heavy atom. The fourth-order valence-corrected chi connectivity index (χ4v) is 2.61. The van der Waals surface area contributed by atoms with Crippen molar-refractivity contribution in [2.75, 3.05) is 13.7 Å². The monoisotopic (exact) mass is 268 g/mol. The molecule has 0 bridgehead atoms. The van der Waals surface area contributed by atoms with Gasteiger partial charge in [-0.05, 0) is 41.5 Å². The second-order valence-corrected chi connectivity index (χ2v) is 5.38. The zero-order valence-electron chi connectivity index (χ0n) is 11.8. The lowest BCUT2D eigenvalue weighted by atomic mass is 10.1. The number of hydrogen-bond donors (Lipinski definition) is 0. The molecule has 2 nitrogen and oxygen atoms in total. The van der Waals surface area contributed by atoms with Gasteiger partial charge in [0, 0.05) is 0 Å². The van der Waals surface area contributed by atoms with E-state index in [1.807, 2.05) is 12.1 Å².